The van der Waals surface area contributed by atoms with E-state index in [9.17, 15) is 18.4 Å². The minimum atomic E-state index is -3.95. The number of piperazine rings is 1. The molecule has 202 valence electrons. The standard InChI is InChI=1S/C23H33N7O6S/c1-5-7-18-19-20(28(3)27-18)22(31)26-21(25-19)17-14-16(15-24-23(17)36-13-12-35-4)37(33,34)29-8-10-30(32,6-2)11-9-29/h14-15H,5-13H2,1-4H3,(H,25,26,31). The molecule has 0 saturated carbocycles. The average Bonchev–Trinajstić information content (AvgIpc) is 3.20. The van der Waals surface area contributed by atoms with Crippen molar-refractivity contribution >= 4 is 21.1 Å². The van der Waals surface area contributed by atoms with E-state index in [1.807, 2.05) is 6.92 Å². The zero-order valence-electron chi connectivity index (χ0n) is 21.6. The van der Waals surface area contributed by atoms with Crippen molar-refractivity contribution in [2.75, 3.05) is 53.0 Å². The molecule has 0 aromatic carbocycles. The first kappa shape index (κ1) is 27.1. The van der Waals surface area contributed by atoms with Crippen LogP contribution in [0.15, 0.2) is 22.0 Å². The second-order valence-corrected chi connectivity index (χ2v) is 11.0. The molecule has 0 bridgehead atoms. The van der Waals surface area contributed by atoms with E-state index in [-0.39, 0.29) is 61.6 Å². The van der Waals surface area contributed by atoms with E-state index >= 15 is 0 Å². The number of fused-ring (bicyclic) bond motifs is 1. The van der Waals surface area contributed by atoms with Crippen molar-refractivity contribution < 1.29 is 22.5 Å². The summed E-state index contributed by atoms with van der Waals surface area (Å²) in [6.07, 6.45) is 2.66. The summed E-state index contributed by atoms with van der Waals surface area (Å²) in [6, 6.07) is 1.40. The van der Waals surface area contributed by atoms with Crippen molar-refractivity contribution in [1.82, 2.24) is 29.0 Å². The first-order valence-electron chi connectivity index (χ1n) is 12.3. The number of rotatable bonds is 10. The van der Waals surface area contributed by atoms with E-state index in [0.717, 1.165) is 6.42 Å². The molecule has 1 N–H and O–H groups in total. The Kier molecular flexibility index (Phi) is 7.94. The first-order valence-corrected chi connectivity index (χ1v) is 13.7. The van der Waals surface area contributed by atoms with Crippen LogP contribution in [0.4, 0.5) is 0 Å². The normalized spacial score (nSPS) is 16.4. The number of H-pyrrole nitrogens is 1. The lowest BCUT2D eigenvalue weighted by atomic mass is 10.2. The maximum Gasteiger partial charge on any atom is 0.277 e. The van der Waals surface area contributed by atoms with E-state index in [4.69, 9.17) is 9.47 Å². The summed E-state index contributed by atoms with van der Waals surface area (Å²) in [5.41, 5.74) is 1.26. The molecule has 1 saturated heterocycles. The van der Waals surface area contributed by atoms with Gasteiger partial charge in [-0.05, 0) is 19.4 Å². The van der Waals surface area contributed by atoms with Gasteiger partial charge in [0.25, 0.3) is 5.56 Å². The molecule has 3 aromatic rings. The Morgan fingerprint density at radius 1 is 1.22 bits per heavy atom. The maximum absolute atomic E-state index is 13.5. The van der Waals surface area contributed by atoms with Gasteiger partial charge in [0.05, 0.1) is 56.8 Å². The number of nitrogens with zero attached hydrogens (tertiary/aromatic N) is 6. The molecule has 0 spiro atoms. The van der Waals surface area contributed by atoms with Crippen LogP contribution >= 0.6 is 0 Å². The van der Waals surface area contributed by atoms with Gasteiger partial charge in [0, 0.05) is 14.2 Å². The first-order chi connectivity index (χ1) is 17.6. The van der Waals surface area contributed by atoms with E-state index in [2.05, 4.69) is 20.1 Å². The Hall–Kier alpha value is -2.91. The fourth-order valence-corrected chi connectivity index (χ4v) is 5.77. The minimum absolute atomic E-state index is 0.0771. The number of likely N-dealkylation sites (N-methyl/N-ethyl adjacent to an activating group) is 1. The second-order valence-electron chi connectivity index (χ2n) is 9.02. The van der Waals surface area contributed by atoms with Crippen LogP contribution in [0.25, 0.3) is 22.4 Å². The van der Waals surface area contributed by atoms with Crippen LogP contribution in [0, 0.1) is 5.21 Å². The van der Waals surface area contributed by atoms with Gasteiger partial charge in [0.2, 0.25) is 15.9 Å². The molecule has 3 aromatic heterocycles. The van der Waals surface area contributed by atoms with Gasteiger partial charge in [-0.15, -0.1) is 0 Å². The monoisotopic (exact) mass is 535 g/mol. The fraction of sp³-hybridized carbons (Fsp3) is 0.565. The number of ether oxygens (including phenoxy) is 2. The van der Waals surface area contributed by atoms with Crippen molar-refractivity contribution in [3.8, 4) is 17.3 Å². The quantitative estimate of drug-likeness (QED) is 0.228. The number of aromatic amines is 1. The topological polar surface area (TPSA) is 155 Å². The molecule has 0 radical (unpaired) electrons. The Bertz CT molecular complexity index is 1430. The largest absolute Gasteiger partial charge is 0.633 e. The maximum atomic E-state index is 13.5. The number of hydrogen-bond acceptors (Lipinski definition) is 9. The number of aromatic nitrogens is 5. The molecule has 0 atom stereocenters. The Morgan fingerprint density at radius 3 is 2.59 bits per heavy atom. The van der Waals surface area contributed by atoms with E-state index < -0.39 is 20.2 Å². The fourth-order valence-electron chi connectivity index (χ4n) is 4.38. The highest BCUT2D eigenvalue weighted by Gasteiger charge is 2.33. The SMILES string of the molecule is CCCc1nn(C)c2c(=O)[nH]c(-c3cc(S(=O)(=O)N4CC[N+]([O-])(CC)CC4)cnc3OCCOC)nc12. The highest BCUT2D eigenvalue weighted by Crippen LogP contribution is 2.30. The summed E-state index contributed by atoms with van der Waals surface area (Å²) < 4.78 is 40.1. The number of pyridine rings is 1. The predicted molar refractivity (Wildman–Crippen MR) is 136 cm³/mol. The van der Waals surface area contributed by atoms with E-state index in [0.29, 0.717) is 29.7 Å². The van der Waals surface area contributed by atoms with Gasteiger partial charge in [-0.3, -0.25) is 9.48 Å². The summed E-state index contributed by atoms with van der Waals surface area (Å²) in [7, 11) is -0.741. The molecule has 1 aliphatic rings. The van der Waals surface area contributed by atoms with Gasteiger partial charge in [0.1, 0.15) is 22.8 Å². The number of aryl methyl sites for hydroxylation is 2. The molecule has 1 fully saturated rings. The Balaban J connectivity index is 1.80. The number of methoxy groups -OCH3 is 1. The molecule has 13 nitrogen and oxygen atoms in total. The van der Waals surface area contributed by atoms with Crippen molar-refractivity contribution in [3.63, 3.8) is 0 Å². The van der Waals surface area contributed by atoms with Gasteiger partial charge >= 0.3 is 0 Å². The zero-order valence-corrected chi connectivity index (χ0v) is 22.4. The average molecular weight is 536 g/mol. The molecule has 4 rings (SSSR count). The molecule has 0 aliphatic carbocycles. The highest BCUT2D eigenvalue weighted by molar-refractivity contribution is 7.89. The summed E-state index contributed by atoms with van der Waals surface area (Å²) in [5.74, 6) is 0.235. The van der Waals surface area contributed by atoms with Gasteiger partial charge in [0.15, 0.2) is 5.52 Å². The lowest BCUT2D eigenvalue weighted by Gasteiger charge is -2.47. The molecule has 0 unspecified atom stereocenters. The molecule has 0 amide bonds. The van der Waals surface area contributed by atoms with Crippen LogP contribution in [-0.2, 0) is 28.2 Å². The lowest BCUT2D eigenvalue weighted by molar-refractivity contribution is -0.882. The van der Waals surface area contributed by atoms with Gasteiger partial charge in [-0.1, -0.05) is 13.3 Å². The number of hydroxylamine groups is 3. The van der Waals surface area contributed by atoms with Gasteiger partial charge in [-0.25, -0.2) is 18.4 Å². The van der Waals surface area contributed by atoms with Gasteiger partial charge in [-0.2, -0.15) is 9.40 Å². The van der Waals surface area contributed by atoms with Crippen LogP contribution in [0.3, 0.4) is 0 Å². The molecule has 1 aliphatic heterocycles. The summed E-state index contributed by atoms with van der Waals surface area (Å²) >= 11 is 0. The summed E-state index contributed by atoms with van der Waals surface area (Å²) in [5, 5.41) is 17.0. The third-order valence-electron chi connectivity index (χ3n) is 6.58. The van der Waals surface area contributed by atoms with Crippen LogP contribution in [0.5, 0.6) is 5.88 Å². The molecular formula is C23H33N7O6S. The molecule has 37 heavy (non-hydrogen) atoms. The Morgan fingerprint density at radius 2 is 1.95 bits per heavy atom. The number of quaternary nitrogens is 1. The number of nitrogens with one attached hydrogen (secondary N) is 1. The van der Waals surface area contributed by atoms with E-state index in [1.54, 1.807) is 14.0 Å². The summed E-state index contributed by atoms with van der Waals surface area (Å²) in [6.45, 7) is 5.23. The molecular weight excluding hydrogens is 502 g/mol. The molecule has 14 heteroatoms. The van der Waals surface area contributed by atoms with Crippen molar-refractivity contribution in [2.45, 2.75) is 31.6 Å². The zero-order chi connectivity index (χ0) is 26.8. The third kappa shape index (κ3) is 5.38. The van der Waals surface area contributed by atoms with Crippen LogP contribution < -0.4 is 10.3 Å². The van der Waals surface area contributed by atoms with Gasteiger partial charge < -0.3 is 24.3 Å². The van der Waals surface area contributed by atoms with E-state index in [1.165, 1.54) is 28.4 Å². The third-order valence-corrected chi connectivity index (χ3v) is 8.45. The smallest absolute Gasteiger partial charge is 0.277 e. The summed E-state index contributed by atoms with van der Waals surface area (Å²) in [4.78, 5) is 24.6. The van der Waals surface area contributed by atoms with Crippen LogP contribution in [-0.4, -0.2) is 95.1 Å². The van der Waals surface area contributed by atoms with Crippen molar-refractivity contribution in [3.05, 3.63) is 33.5 Å². The van der Waals surface area contributed by atoms with Crippen molar-refractivity contribution in [2.24, 2.45) is 7.05 Å². The van der Waals surface area contributed by atoms with Crippen LogP contribution in [0.1, 0.15) is 26.0 Å². The Labute approximate surface area is 215 Å². The minimum Gasteiger partial charge on any atom is -0.633 e. The lowest BCUT2D eigenvalue weighted by Crippen LogP contribution is -2.57. The predicted octanol–water partition coefficient (Wildman–Crippen LogP) is 1.04. The molecule has 4 heterocycles. The number of hydrogen-bond donors (Lipinski definition) is 1. The second kappa shape index (κ2) is 10.8. The number of sulfonamides is 1. The highest BCUT2D eigenvalue weighted by atomic mass is 32.2. The van der Waals surface area contributed by atoms with Crippen LogP contribution in [0.2, 0.25) is 0 Å². The van der Waals surface area contributed by atoms with Crippen molar-refractivity contribution in [1.29, 1.82) is 0 Å².